The Kier molecular flexibility index (Phi) is 4.14. The zero-order chi connectivity index (χ0) is 7.28. The lowest BCUT2D eigenvalue weighted by Gasteiger charge is -2.20. The van der Waals surface area contributed by atoms with E-state index >= 15 is 0 Å². The van der Waals surface area contributed by atoms with Gasteiger partial charge < -0.3 is 4.90 Å². The average molecular weight is 128 g/mol. The largest absolute Gasteiger partial charge is 0.368 e. The predicted molar refractivity (Wildman–Crippen MR) is 41.1 cm³/mol. The highest BCUT2D eigenvalue weighted by Gasteiger charge is 1.93. The van der Waals surface area contributed by atoms with E-state index in [9.17, 15) is 0 Å². The Morgan fingerprint density at radius 2 is 2.00 bits per heavy atom. The third-order valence-electron chi connectivity index (χ3n) is 1.32. The molecule has 0 aliphatic rings. The van der Waals surface area contributed by atoms with Gasteiger partial charge in [-0.25, -0.2) is 0 Å². The minimum atomic E-state index is 0.958. The van der Waals surface area contributed by atoms with E-state index in [1.54, 1.807) is 0 Å². The molecule has 0 aromatic carbocycles. The average Bonchev–Trinajstić information content (AvgIpc) is 1.87. The second-order valence-corrected chi connectivity index (χ2v) is 2.25. The Morgan fingerprint density at radius 3 is 2.33 bits per heavy atom. The lowest BCUT2D eigenvalue weighted by atomic mass is 10.6. The van der Waals surface area contributed by atoms with Crippen LogP contribution >= 0.6 is 0 Å². The number of nitrogens with zero attached hydrogens (tertiary/aromatic N) is 2. The molecule has 0 fully saturated rings. The Labute approximate surface area is 57.8 Å². The standard InChI is InChI=1S/C7H16N2/c1-5-8(3)7-9(4)6-2/h5H,1,6-7H2,2-4H3. The van der Waals surface area contributed by atoms with Crippen molar-refractivity contribution in [2.24, 2.45) is 0 Å². The summed E-state index contributed by atoms with van der Waals surface area (Å²) in [6.45, 7) is 7.82. The number of rotatable bonds is 4. The van der Waals surface area contributed by atoms with Crippen LogP contribution in [0.5, 0.6) is 0 Å². The van der Waals surface area contributed by atoms with E-state index in [-0.39, 0.29) is 0 Å². The molecule has 2 nitrogen and oxygen atoms in total. The summed E-state index contributed by atoms with van der Waals surface area (Å²) < 4.78 is 0. The van der Waals surface area contributed by atoms with Crippen molar-refractivity contribution in [2.45, 2.75) is 6.92 Å². The van der Waals surface area contributed by atoms with E-state index in [0.717, 1.165) is 13.2 Å². The van der Waals surface area contributed by atoms with Crippen molar-refractivity contribution in [3.05, 3.63) is 12.8 Å². The maximum atomic E-state index is 3.65. The van der Waals surface area contributed by atoms with E-state index in [1.165, 1.54) is 0 Å². The van der Waals surface area contributed by atoms with Gasteiger partial charge in [0.1, 0.15) is 0 Å². The van der Waals surface area contributed by atoms with Gasteiger partial charge in [0.15, 0.2) is 0 Å². The molecule has 0 radical (unpaired) electrons. The first-order chi connectivity index (χ1) is 4.20. The minimum absolute atomic E-state index is 0.958. The van der Waals surface area contributed by atoms with Gasteiger partial charge in [0.25, 0.3) is 0 Å². The van der Waals surface area contributed by atoms with Crippen LogP contribution in [0.15, 0.2) is 12.8 Å². The zero-order valence-corrected chi connectivity index (χ0v) is 6.59. The molecular formula is C7H16N2. The van der Waals surface area contributed by atoms with E-state index in [2.05, 4.69) is 25.5 Å². The van der Waals surface area contributed by atoms with Gasteiger partial charge in [0.05, 0.1) is 6.67 Å². The van der Waals surface area contributed by atoms with Gasteiger partial charge in [0, 0.05) is 7.05 Å². The second kappa shape index (κ2) is 4.39. The molecule has 0 bridgehead atoms. The normalized spacial score (nSPS) is 9.78. The maximum absolute atomic E-state index is 3.65. The Bertz CT molecular complexity index is 81.0. The maximum Gasteiger partial charge on any atom is 0.0695 e. The molecule has 0 saturated carbocycles. The molecule has 0 aliphatic heterocycles. The summed E-state index contributed by atoms with van der Waals surface area (Å²) in [5.74, 6) is 0. The van der Waals surface area contributed by atoms with Crippen LogP contribution in [0.1, 0.15) is 6.92 Å². The first kappa shape index (κ1) is 8.50. The molecule has 0 N–H and O–H groups in total. The van der Waals surface area contributed by atoms with Crippen LogP contribution in [0.25, 0.3) is 0 Å². The van der Waals surface area contributed by atoms with Crippen LogP contribution in [-0.4, -0.2) is 37.1 Å². The van der Waals surface area contributed by atoms with Crippen molar-refractivity contribution in [1.82, 2.24) is 9.80 Å². The molecule has 0 unspecified atom stereocenters. The molecule has 0 atom stereocenters. The molecule has 0 aliphatic carbocycles. The third kappa shape index (κ3) is 4.03. The summed E-state index contributed by atoms with van der Waals surface area (Å²) in [5, 5.41) is 0. The van der Waals surface area contributed by atoms with Gasteiger partial charge in [-0.1, -0.05) is 13.5 Å². The fraction of sp³-hybridized carbons (Fsp3) is 0.714. The highest BCUT2D eigenvalue weighted by Crippen LogP contribution is 1.85. The van der Waals surface area contributed by atoms with Crippen LogP contribution in [0.4, 0.5) is 0 Å². The van der Waals surface area contributed by atoms with Gasteiger partial charge in [0.2, 0.25) is 0 Å². The van der Waals surface area contributed by atoms with Crippen molar-refractivity contribution in [3.8, 4) is 0 Å². The summed E-state index contributed by atoms with van der Waals surface area (Å²) in [6, 6.07) is 0. The molecule has 0 saturated heterocycles. The lowest BCUT2D eigenvalue weighted by Crippen LogP contribution is -2.29. The van der Waals surface area contributed by atoms with E-state index in [0.29, 0.717) is 0 Å². The monoisotopic (exact) mass is 128 g/mol. The Hall–Kier alpha value is -0.500. The molecule has 0 aromatic heterocycles. The van der Waals surface area contributed by atoms with Gasteiger partial charge in [-0.3, -0.25) is 4.90 Å². The number of hydrogen-bond donors (Lipinski definition) is 0. The van der Waals surface area contributed by atoms with Gasteiger partial charge in [-0.2, -0.15) is 0 Å². The summed E-state index contributed by atoms with van der Waals surface area (Å²) in [5.41, 5.74) is 0. The molecule has 0 heterocycles. The van der Waals surface area contributed by atoms with E-state index in [4.69, 9.17) is 0 Å². The first-order valence-electron chi connectivity index (χ1n) is 3.22. The summed E-state index contributed by atoms with van der Waals surface area (Å²) >= 11 is 0. The second-order valence-electron chi connectivity index (χ2n) is 2.25. The fourth-order valence-electron chi connectivity index (χ4n) is 0.539. The summed E-state index contributed by atoms with van der Waals surface area (Å²) in [4.78, 5) is 4.26. The first-order valence-corrected chi connectivity index (χ1v) is 3.22. The minimum Gasteiger partial charge on any atom is -0.368 e. The Balaban J connectivity index is 3.33. The Morgan fingerprint density at radius 1 is 1.44 bits per heavy atom. The highest BCUT2D eigenvalue weighted by atomic mass is 15.3. The zero-order valence-electron chi connectivity index (χ0n) is 6.59. The smallest absolute Gasteiger partial charge is 0.0695 e. The molecule has 9 heavy (non-hydrogen) atoms. The number of hydrogen-bond acceptors (Lipinski definition) is 2. The topological polar surface area (TPSA) is 6.48 Å². The van der Waals surface area contributed by atoms with Crippen molar-refractivity contribution in [2.75, 3.05) is 27.3 Å². The molecule has 0 aromatic rings. The molecule has 54 valence electrons. The van der Waals surface area contributed by atoms with Crippen molar-refractivity contribution < 1.29 is 0 Å². The van der Waals surface area contributed by atoms with Crippen LogP contribution < -0.4 is 0 Å². The van der Waals surface area contributed by atoms with Gasteiger partial charge in [-0.05, 0) is 19.8 Å². The van der Waals surface area contributed by atoms with Crippen LogP contribution in [0, 0.1) is 0 Å². The SMILES string of the molecule is C=CN(C)CN(C)CC. The molecular weight excluding hydrogens is 112 g/mol. The third-order valence-corrected chi connectivity index (χ3v) is 1.32. The van der Waals surface area contributed by atoms with Crippen LogP contribution in [-0.2, 0) is 0 Å². The van der Waals surface area contributed by atoms with Gasteiger partial charge in [-0.15, -0.1) is 0 Å². The van der Waals surface area contributed by atoms with Crippen molar-refractivity contribution in [1.29, 1.82) is 0 Å². The van der Waals surface area contributed by atoms with E-state index in [1.807, 2.05) is 18.1 Å². The van der Waals surface area contributed by atoms with Crippen LogP contribution in [0.3, 0.4) is 0 Å². The highest BCUT2D eigenvalue weighted by molar-refractivity contribution is 4.64. The molecule has 2 heteroatoms. The predicted octanol–water partition coefficient (Wildman–Crippen LogP) is 0.971. The molecule has 0 rings (SSSR count). The molecule has 0 amide bonds. The lowest BCUT2D eigenvalue weighted by molar-refractivity contribution is 0.238. The van der Waals surface area contributed by atoms with Crippen molar-refractivity contribution in [3.63, 3.8) is 0 Å². The van der Waals surface area contributed by atoms with Crippen LogP contribution in [0.2, 0.25) is 0 Å². The fourth-order valence-corrected chi connectivity index (χ4v) is 0.539. The summed E-state index contributed by atoms with van der Waals surface area (Å²) in [6.07, 6.45) is 1.83. The quantitative estimate of drug-likeness (QED) is 0.520. The summed E-state index contributed by atoms with van der Waals surface area (Å²) in [7, 11) is 4.10. The van der Waals surface area contributed by atoms with Crippen molar-refractivity contribution >= 4 is 0 Å². The molecule has 0 spiro atoms. The van der Waals surface area contributed by atoms with E-state index < -0.39 is 0 Å². The van der Waals surface area contributed by atoms with Gasteiger partial charge >= 0.3 is 0 Å².